The van der Waals surface area contributed by atoms with Crippen molar-refractivity contribution < 1.29 is 23.4 Å². The molecule has 4 rings (SSSR count). The lowest BCUT2D eigenvalue weighted by atomic mass is 10.1. The van der Waals surface area contributed by atoms with E-state index in [1.54, 1.807) is 48.5 Å². The van der Waals surface area contributed by atoms with E-state index < -0.39 is 5.91 Å². The predicted octanol–water partition coefficient (Wildman–Crippen LogP) is 7.89. The molecule has 0 unspecified atom stereocenters. The number of halogens is 2. The van der Waals surface area contributed by atoms with Gasteiger partial charge >= 0.3 is 0 Å². The van der Waals surface area contributed by atoms with Crippen LogP contribution in [-0.4, -0.2) is 12.5 Å². The topological polar surface area (TPSA) is 80.6 Å². The molecule has 6 nitrogen and oxygen atoms in total. The molecule has 0 fully saturated rings. The molecule has 0 atom stereocenters. The number of benzene rings is 4. The van der Waals surface area contributed by atoms with Crippen molar-refractivity contribution in [2.75, 3.05) is 11.9 Å². The first-order valence-electron chi connectivity index (χ1n) is 12.9. The Morgan fingerprint density at radius 3 is 2.20 bits per heavy atom. The second kappa shape index (κ2) is 14.0. The lowest BCUT2D eigenvalue weighted by Gasteiger charge is -2.15. The normalized spacial score (nSPS) is 11.0. The SMILES string of the molecule is CCOc1cc(/C=C(\C#N)C(=O)Nc2ccc(OCc3ccc(C)cc3)cc2)cc(Cl)c1OCc1ccc(F)cc1. The largest absolute Gasteiger partial charge is 0.490 e. The van der Waals surface area contributed by atoms with Gasteiger partial charge in [-0.3, -0.25) is 4.79 Å². The Bertz CT molecular complexity index is 1560. The van der Waals surface area contributed by atoms with E-state index in [2.05, 4.69) is 5.32 Å². The predicted molar refractivity (Wildman–Crippen MR) is 158 cm³/mol. The third-order valence-electron chi connectivity index (χ3n) is 5.94. The van der Waals surface area contributed by atoms with E-state index >= 15 is 0 Å². The van der Waals surface area contributed by atoms with Gasteiger partial charge in [-0.2, -0.15) is 5.26 Å². The van der Waals surface area contributed by atoms with Crippen molar-refractivity contribution >= 4 is 29.3 Å². The lowest BCUT2D eigenvalue weighted by Crippen LogP contribution is -2.13. The Kier molecular flexibility index (Phi) is 9.98. The van der Waals surface area contributed by atoms with Crippen LogP contribution in [0.2, 0.25) is 5.02 Å². The van der Waals surface area contributed by atoms with Gasteiger partial charge in [-0.25, -0.2) is 4.39 Å². The number of nitrogens with zero attached hydrogens (tertiary/aromatic N) is 1. The molecule has 0 aliphatic heterocycles. The molecule has 0 bridgehead atoms. The van der Waals surface area contributed by atoms with E-state index in [1.807, 2.05) is 44.2 Å². The van der Waals surface area contributed by atoms with Crippen molar-refractivity contribution in [1.29, 1.82) is 5.26 Å². The molecule has 208 valence electrons. The van der Waals surface area contributed by atoms with Crippen LogP contribution >= 0.6 is 11.6 Å². The van der Waals surface area contributed by atoms with Crippen molar-refractivity contribution in [3.8, 4) is 23.3 Å². The first-order valence-corrected chi connectivity index (χ1v) is 13.3. The van der Waals surface area contributed by atoms with Gasteiger partial charge in [0, 0.05) is 5.69 Å². The van der Waals surface area contributed by atoms with Crippen LogP contribution in [0.4, 0.5) is 10.1 Å². The second-order valence-corrected chi connectivity index (χ2v) is 9.51. The first kappa shape index (κ1) is 29.2. The van der Waals surface area contributed by atoms with Gasteiger partial charge < -0.3 is 19.5 Å². The Morgan fingerprint density at radius 2 is 1.56 bits per heavy atom. The number of ether oxygens (including phenoxy) is 3. The highest BCUT2D eigenvalue weighted by Crippen LogP contribution is 2.38. The summed E-state index contributed by atoms with van der Waals surface area (Å²) < 4.78 is 30.6. The van der Waals surface area contributed by atoms with Gasteiger partial charge in [0.2, 0.25) is 0 Å². The number of nitrogens with one attached hydrogen (secondary N) is 1. The number of hydrogen-bond donors (Lipinski definition) is 1. The summed E-state index contributed by atoms with van der Waals surface area (Å²) in [7, 11) is 0. The van der Waals surface area contributed by atoms with E-state index in [9.17, 15) is 14.4 Å². The highest BCUT2D eigenvalue weighted by atomic mass is 35.5. The average Bonchev–Trinajstić information content (AvgIpc) is 2.97. The molecule has 0 aromatic heterocycles. The van der Waals surface area contributed by atoms with Gasteiger partial charge in [-0.15, -0.1) is 0 Å². The summed E-state index contributed by atoms with van der Waals surface area (Å²) in [4.78, 5) is 12.9. The summed E-state index contributed by atoms with van der Waals surface area (Å²) in [6.07, 6.45) is 1.42. The molecule has 1 amide bonds. The molecule has 1 N–H and O–H groups in total. The van der Waals surface area contributed by atoms with Crippen LogP contribution in [0.1, 0.15) is 29.2 Å². The fraction of sp³-hybridized carbons (Fsp3) is 0.152. The molecule has 0 radical (unpaired) electrons. The number of carbonyl (C=O) groups is 1. The lowest BCUT2D eigenvalue weighted by molar-refractivity contribution is -0.112. The summed E-state index contributed by atoms with van der Waals surface area (Å²) in [6.45, 7) is 4.76. The number of amides is 1. The third kappa shape index (κ3) is 8.34. The molecule has 0 aliphatic rings. The van der Waals surface area contributed by atoms with Crippen molar-refractivity contribution in [3.05, 3.63) is 124 Å². The Morgan fingerprint density at radius 1 is 0.927 bits per heavy atom. The molecule has 0 aliphatic carbocycles. The van der Waals surface area contributed by atoms with Gasteiger partial charge in [0.25, 0.3) is 5.91 Å². The maximum atomic E-state index is 13.2. The van der Waals surface area contributed by atoms with E-state index in [-0.39, 0.29) is 23.0 Å². The average molecular weight is 571 g/mol. The Balaban J connectivity index is 1.43. The van der Waals surface area contributed by atoms with Gasteiger partial charge in [-0.05, 0) is 85.1 Å². The van der Waals surface area contributed by atoms with E-state index in [4.69, 9.17) is 25.8 Å². The summed E-state index contributed by atoms with van der Waals surface area (Å²) in [5.41, 5.74) is 3.86. The minimum Gasteiger partial charge on any atom is -0.490 e. The molecule has 0 heterocycles. The van der Waals surface area contributed by atoms with Crippen molar-refractivity contribution in [2.45, 2.75) is 27.1 Å². The Hall–Kier alpha value is -4.80. The molecule has 41 heavy (non-hydrogen) atoms. The number of carbonyl (C=O) groups excluding carboxylic acids is 1. The zero-order valence-electron chi connectivity index (χ0n) is 22.6. The van der Waals surface area contributed by atoms with Crippen LogP contribution < -0.4 is 19.5 Å². The highest BCUT2D eigenvalue weighted by Gasteiger charge is 2.15. The number of hydrogen-bond acceptors (Lipinski definition) is 5. The van der Waals surface area contributed by atoms with E-state index in [1.165, 1.54) is 23.8 Å². The zero-order valence-corrected chi connectivity index (χ0v) is 23.4. The van der Waals surface area contributed by atoms with Crippen LogP contribution in [0, 0.1) is 24.1 Å². The van der Waals surface area contributed by atoms with E-state index in [0.717, 1.165) is 11.1 Å². The fourth-order valence-electron chi connectivity index (χ4n) is 3.81. The number of aryl methyl sites for hydroxylation is 1. The molecule has 0 saturated carbocycles. The van der Waals surface area contributed by atoms with E-state index in [0.29, 0.717) is 41.7 Å². The number of anilines is 1. The quantitative estimate of drug-likeness (QED) is 0.146. The van der Waals surface area contributed by atoms with Crippen LogP contribution in [-0.2, 0) is 18.0 Å². The summed E-state index contributed by atoms with van der Waals surface area (Å²) in [5, 5.41) is 12.7. The molecule has 4 aromatic rings. The molecule has 0 saturated heterocycles. The fourth-order valence-corrected chi connectivity index (χ4v) is 4.08. The third-order valence-corrected chi connectivity index (χ3v) is 6.22. The molecule has 8 heteroatoms. The van der Waals surface area contributed by atoms with Crippen molar-refractivity contribution in [1.82, 2.24) is 0 Å². The minimum absolute atomic E-state index is 0.122. The van der Waals surface area contributed by atoms with Gasteiger partial charge in [0.15, 0.2) is 11.5 Å². The van der Waals surface area contributed by atoms with Gasteiger partial charge in [0.05, 0.1) is 11.6 Å². The molecule has 0 spiro atoms. The Labute approximate surface area is 243 Å². The molecular formula is C33H28ClFN2O4. The van der Waals surface area contributed by atoms with Crippen molar-refractivity contribution in [3.63, 3.8) is 0 Å². The maximum Gasteiger partial charge on any atom is 0.266 e. The van der Waals surface area contributed by atoms with Crippen LogP contribution in [0.5, 0.6) is 17.2 Å². The monoisotopic (exact) mass is 570 g/mol. The van der Waals surface area contributed by atoms with Crippen LogP contribution in [0.3, 0.4) is 0 Å². The van der Waals surface area contributed by atoms with Gasteiger partial charge in [-0.1, -0.05) is 53.6 Å². The first-order chi connectivity index (χ1) is 19.8. The van der Waals surface area contributed by atoms with Crippen LogP contribution in [0.15, 0.2) is 90.5 Å². The second-order valence-electron chi connectivity index (χ2n) is 9.10. The standard InChI is InChI=1S/C33H28ClFN2O4/c1-3-39-31-18-25(17-30(34)32(31)41-21-24-8-10-27(35)11-9-24)16-26(19-36)33(38)37-28-12-14-29(15-13-28)40-20-23-6-4-22(2)5-7-23/h4-18H,3,20-21H2,1-2H3,(H,37,38)/b26-16+. The summed E-state index contributed by atoms with van der Waals surface area (Å²) in [6, 6.07) is 26.1. The smallest absolute Gasteiger partial charge is 0.266 e. The number of rotatable bonds is 11. The van der Waals surface area contributed by atoms with Gasteiger partial charge in [0.1, 0.15) is 36.4 Å². The molecular weight excluding hydrogens is 543 g/mol. The summed E-state index contributed by atoms with van der Waals surface area (Å²) in [5.74, 6) is 0.399. The molecule has 4 aromatic carbocycles. The maximum absolute atomic E-state index is 13.2. The van der Waals surface area contributed by atoms with Crippen molar-refractivity contribution in [2.24, 2.45) is 0 Å². The summed E-state index contributed by atoms with van der Waals surface area (Å²) >= 11 is 6.49. The minimum atomic E-state index is -0.577. The zero-order chi connectivity index (χ0) is 29.2. The number of nitriles is 1. The highest BCUT2D eigenvalue weighted by molar-refractivity contribution is 6.32. The van der Waals surface area contributed by atoms with Crippen LogP contribution in [0.25, 0.3) is 6.08 Å².